The maximum absolute atomic E-state index is 5.86. The SMILES string of the molecule is CCOCCOC1CCN(c2ccc(C)c(OC)c2)CC1. The number of anilines is 1. The van der Waals surface area contributed by atoms with Crippen LogP contribution in [-0.2, 0) is 9.47 Å². The first kappa shape index (κ1) is 16.1. The molecule has 1 heterocycles. The predicted molar refractivity (Wildman–Crippen MR) is 85.4 cm³/mol. The molecular weight excluding hydrogens is 266 g/mol. The summed E-state index contributed by atoms with van der Waals surface area (Å²) in [5.41, 5.74) is 2.42. The standard InChI is InChI=1S/C17H27NO3/c1-4-20-11-12-21-16-7-9-18(10-8-16)15-6-5-14(2)17(13-15)19-3/h5-6,13,16H,4,7-12H2,1-3H3. The van der Waals surface area contributed by atoms with Crippen molar-refractivity contribution in [1.82, 2.24) is 0 Å². The van der Waals surface area contributed by atoms with E-state index >= 15 is 0 Å². The molecule has 21 heavy (non-hydrogen) atoms. The zero-order valence-electron chi connectivity index (χ0n) is 13.4. The van der Waals surface area contributed by atoms with Crippen LogP contribution in [0.2, 0.25) is 0 Å². The molecule has 2 rings (SSSR count). The summed E-state index contributed by atoms with van der Waals surface area (Å²) in [6.45, 7) is 8.31. The third-order valence-corrected chi connectivity index (χ3v) is 3.98. The number of nitrogens with zero attached hydrogens (tertiary/aromatic N) is 1. The Labute approximate surface area is 128 Å². The Morgan fingerprint density at radius 2 is 1.95 bits per heavy atom. The molecule has 0 spiro atoms. The predicted octanol–water partition coefficient (Wildman–Crippen LogP) is 3.03. The lowest BCUT2D eigenvalue weighted by atomic mass is 10.1. The van der Waals surface area contributed by atoms with Gasteiger partial charge in [-0.25, -0.2) is 0 Å². The average Bonchev–Trinajstić information content (AvgIpc) is 2.53. The number of hydrogen-bond donors (Lipinski definition) is 0. The highest BCUT2D eigenvalue weighted by Crippen LogP contribution is 2.27. The smallest absolute Gasteiger partial charge is 0.123 e. The van der Waals surface area contributed by atoms with Crippen LogP contribution in [0.1, 0.15) is 25.3 Å². The minimum atomic E-state index is 0.369. The Hall–Kier alpha value is -1.26. The zero-order chi connectivity index (χ0) is 15.1. The molecule has 0 aliphatic carbocycles. The molecule has 0 radical (unpaired) electrons. The number of aryl methyl sites for hydroxylation is 1. The third kappa shape index (κ3) is 4.61. The van der Waals surface area contributed by atoms with Gasteiger partial charge < -0.3 is 19.1 Å². The second kappa shape index (κ2) is 8.25. The van der Waals surface area contributed by atoms with Crippen LogP contribution < -0.4 is 9.64 Å². The Balaban J connectivity index is 1.81. The molecule has 0 atom stereocenters. The van der Waals surface area contributed by atoms with Crippen LogP contribution in [0.4, 0.5) is 5.69 Å². The van der Waals surface area contributed by atoms with Crippen molar-refractivity contribution in [1.29, 1.82) is 0 Å². The fraction of sp³-hybridized carbons (Fsp3) is 0.647. The van der Waals surface area contributed by atoms with Gasteiger partial charge in [-0.05, 0) is 38.3 Å². The molecule has 1 aliphatic rings. The van der Waals surface area contributed by atoms with Gasteiger partial charge in [-0.1, -0.05) is 6.07 Å². The summed E-state index contributed by atoms with van der Waals surface area (Å²) >= 11 is 0. The molecule has 4 nitrogen and oxygen atoms in total. The normalized spacial score (nSPS) is 16.2. The number of benzene rings is 1. The van der Waals surface area contributed by atoms with E-state index in [4.69, 9.17) is 14.2 Å². The summed E-state index contributed by atoms with van der Waals surface area (Å²) in [6.07, 6.45) is 2.51. The molecule has 0 amide bonds. The molecule has 118 valence electrons. The molecule has 4 heteroatoms. The van der Waals surface area contributed by atoms with Gasteiger partial charge in [-0.2, -0.15) is 0 Å². The van der Waals surface area contributed by atoms with Gasteiger partial charge in [0, 0.05) is 31.5 Å². The van der Waals surface area contributed by atoms with Crippen molar-refractivity contribution in [3.63, 3.8) is 0 Å². The van der Waals surface area contributed by atoms with Crippen molar-refractivity contribution in [3.05, 3.63) is 23.8 Å². The summed E-state index contributed by atoms with van der Waals surface area (Å²) in [5.74, 6) is 0.961. The molecular formula is C17H27NO3. The van der Waals surface area contributed by atoms with E-state index in [1.807, 2.05) is 6.92 Å². The number of hydrogen-bond acceptors (Lipinski definition) is 4. The molecule has 1 aromatic rings. The molecule has 1 aliphatic heterocycles. The molecule has 0 unspecified atom stereocenters. The second-order valence-corrected chi connectivity index (χ2v) is 5.41. The van der Waals surface area contributed by atoms with E-state index in [1.165, 1.54) is 11.3 Å². The minimum Gasteiger partial charge on any atom is -0.496 e. The average molecular weight is 293 g/mol. The van der Waals surface area contributed by atoms with Gasteiger partial charge in [-0.3, -0.25) is 0 Å². The fourth-order valence-electron chi connectivity index (χ4n) is 2.70. The van der Waals surface area contributed by atoms with Crippen LogP contribution in [0.3, 0.4) is 0 Å². The van der Waals surface area contributed by atoms with Crippen molar-refractivity contribution in [2.45, 2.75) is 32.8 Å². The second-order valence-electron chi connectivity index (χ2n) is 5.41. The lowest BCUT2D eigenvalue weighted by Gasteiger charge is -2.33. The van der Waals surface area contributed by atoms with Crippen molar-refractivity contribution >= 4 is 5.69 Å². The monoisotopic (exact) mass is 293 g/mol. The number of methoxy groups -OCH3 is 1. The zero-order valence-corrected chi connectivity index (χ0v) is 13.4. The Kier molecular flexibility index (Phi) is 6.33. The summed E-state index contributed by atoms with van der Waals surface area (Å²) < 4.78 is 16.6. The van der Waals surface area contributed by atoms with Crippen LogP contribution in [0, 0.1) is 6.92 Å². The van der Waals surface area contributed by atoms with E-state index in [0.29, 0.717) is 19.3 Å². The fourth-order valence-corrected chi connectivity index (χ4v) is 2.70. The molecule has 1 saturated heterocycles. The highest BCUT2D eigenvalue weighted by molar-refractivity contribution is 5.53. The van der Waals surface area contributed by atoms with Crippen molar-refractivity contribution < 1.29 is 14.2 Å². The van der Waals surface area contributed by atoms with Crippen LogP contribution in [0.15, 0.2) is 18.2 Å². The Morgan fingerprint density at radius 3 is 2.62 bits per heavy atom. The van der Waals surface area contributed by atoms with Crippen molar-refractivity contribution in [2.24, 2.45) is 0 Å². The first-order chi connectivity index (χ1) is 10.2. The molecule has 0 bridgehead atoms. The summed E-state index contributed by atoms with van der Waals surface area (Å²) in [6, 6.07) is 6.43. The van der Waals surface area contributed by atoms with Crippen molar-refractivity contribution in [2.75, 3.05) is 44.9 Å². The molecule has 1 aromatic carbocycles. The van der Waals surface area contributed by atoms with E-state index in [9.17, 15) is 0 Å². The maximum atomic E-state index is 5.86. The first-order valence-corrected chi connectivity index (χ1v) is 7.83. The molecule has 1 fully saturated rings. The van der Waals surface area contributed by atoms with Crippen molar-refractivity contribution in [3.8, 4) is 5.75 Å². The molecule has 0 saturated carbocycles. The lowest BCUT2D eigenvalue weighted by Crippen LogP contribution is -2.37. The van der Waals surface area contributed by atoms with E-state index < -0.39 is 0 Å². The summed E-state index contributed by atoms with van der Waals surface area (Å²) in [5, 5.41) is 0. The van der Waals surface area contributed by atoms with E-state index in [1.54, 1.807) is 7.11 Å². The van der Waals surface area contributed by atoms with Gasteiger partial charge in [0.05, 0.1) is 26.4 Å². The van der Waals surface area contributed by atoms with Gasteiger partial charge >= 0.3 is 0 Å². The van der Waals surface area contributed by atoms with Gasteiger partial charge in [0.15, 0.2) is 0 Å². The van der Waals surface area contributed by atoms with E-state index in [-0.39, 0.29) is 0 Å². The van der Waals surface area contributed by atoms with Crippen LogP contribution >= 0.6 is 0 Å². The highest BCUT2D eigenvalue weighted by atomic mass is 16.5. The maximum Gasteiger partial charge on any atom is 0.123 e. The third-order valence-electron chi connectivity index (χ3n) is 3.98. The summed E-state index contributed by atoms with van der Waals surface area (Å²) in [7, 11) is 1.73. The lowest BCUT2D eigenvalue weighted by molar-refractivity contribution is -0.00230. The van der Waals surface area contributed by atoms with Gasteiger partial charge in [0.1, 0.15) is 5.75 Å². The van der Waals surface area contributed by atoms with E-state index in [0.717, 1.165) is 38.3 Å². The largest absolute Gasteiger partial charge is 0.496 e. The topological polar surface area (TPSA) is 30.9 Å². The van der Waals surface area contributed by atoms with E-state index in [2.05, 4.69) is 30.0 Å². The van der Waals surface area contributed by atoms with Gasteiger partial charge in [-0.15, -0.1) is 0 Å². The Morgan fingerprint density at radius 1 is 1.19 bits per heavy atom. The number of piperidine rings is 1. The number of ether oxygens (including phenoxy) is 3. The van der Waals surface area contributed by atoms with Crippen LogP contribution in [-0.4, -0.2) is 46.1 Å². The number of rotatable bonds is 7. The highest BCUT2D eigenvalue weighted by Gasteiger charge is 2.20. The van der Waals surface area contributed by atoms with Gasteiger partial charge in [0.2, 0.25) is 0 Å². The molecule has 0 aromatic heterocycles. The summed E-state index contributed by atoms with van der Waals surface area (Å²) in [4.78, 5) is 2.41. The quantitative estimate of drug-likeness (QED) is 0.723. The minimum absolute atomic E-state index is 0.369. The molecule has 0 N–H and O–H groups in total. The Bertz CT molecular complexity index is 428. The van der Waals surface area contributed by atoms with Gasteiger partial charge in [0.25, 0.3) is 0 Å². The van der Waals surface area contributed by atoms with Crippen LogP contribution in [0.25, 0.3) is 0 Å². The first-order valence-electron chi connectivity index (χ1n) is 7.83. The van der Waals surface area contributed by atoms with Crippen LogP contribution in [0.5, 0.6) is 5.75 Å².